The van der Waals surface area contributed by atoms with E-state index in [2.05, 4.69) is 28.9 Å². The molecule has 7 heteroatoms. The third-order valence-electron chi connectivity index (χ3n) is 5.46. The number of piperazine rings is 1. The minimum Gasteiger partial charge on any atom is -0.484 e. The van der Waals surface area contributed by atoms with Gasteiger partial charge in [0.2, 0.25) is 5.88 Å². The van der Waals surface area contributed by atoms with Gasteiger partial charge >= 0.3 is 0 Å². The number of para-hydroxylation sites is 1. The average Bonchev–Trinajstić information content (AvgIpc) is 2.84. The Kier molecular flexibility index (Phi) is 6.84. The van der Waals surface area contributed by atoms with Crippen molar-refractivity contribution >= 4 is 11.7 Å². The zero-order valence-electron chi connectivity index (χ0n) is 18.5. The summed E-state index contributed by atoms with van der Waals surface area (Å²) in [5, 5.41) is 8.46. The molecule has 0 saturated carbocycles. The maximum absolute atomic E-state index is 12.5. The van der Waals surface area contributed by atoms with Crippen molar-refractivity contribution in [3.05, 3.63) is 72.3 Å². The van der Waals surface area contributed by atoms with E-state index in [-0.39, 0.29) is 12.5 Å². The van der Waals surface area contributed by atoms with Gasteiger partial charge in [0.05, 0.1) is 0 Å². The molecule has 0 bridgehead atoms. The van der Waals surface area contributed by atoms with Crippen LogP contribution in [-0.4, -0.2) is 53.8 Å². The Hall–Kier alpha value is -3.61. The number of benzene rings is 2. The van der Waals surface area contributed by atoms with E-state index < -0.39 is 0 Å². The fourth-order valence-corrected chi connectivity index (χ4v) is 3.52. The number of ether oxygens (including phenoxy) is 2. The number of hydrogen-bond acceptors (Lipinski definition) is 6. The van der Waals surface area contributed by atoms with Crippen molar-refractivity contribution in [1.82, 2.24) is 15.1 Å². The minimum atomic E-state index is -0.00437. The van der Waals surface area contributed by atoms with Crippen LogP contribution in [0.3, 0.4) is 0 Å². The highest BCUT2D eigenvalue weighted by molar-refractivity contribution is 5.78. The van der Waals surface area contributed by atoms with Gasteiger partial charge in [-0.05, 0) is 41.8 Å². The van der Waals surface area contributed by atoms with Crippen LogP contribution in [0.25, 0.3) is 0 Å². The van der Waals surface area contributed by atoms with Crippen LogP contribution < -0.4 is 14.4 Å². The van der Waals surface area contributed by atoms with Gasteiger partial charge < -0.3 is 19.3 Å². The Labute approximate surface area is 188 Å². The number of rotatable bonds is 7. The second-order valence-electron chi connectivity index (χ2n) is 8.03. The second kappa shape index (κ2) is 10.1. The number of nitrogens with zero attached hydrogens (tertiary/aromatic N) is 4. The van der Waals surface area contributed by atoms with Crippen molar-refractivity contribution in [2.45, 2.75) is 19.8 Å². The predicted molar refractivity (Wildman–Crippen MR) is 123 cm³/mol. The summed E-state index contributed by atoms with van der Waals surface area (Å²) in [7, 11) is 0. The standard InChI is InChI=1S/C25H28N4O3/c1-19(2)20-8-10-21(11-9-20)31-18-25(30)29-16-14-28(15-17-29)23-12-13-24(27-26-23)32-22-6-4-3-5-7-22/h3-13,19H,14-18H2,1-2H3. The third-order valence-corrected chi connectivity index (χ3v) is 5.46. The normalized spacial score (nSPS) is 13.8. The van der Waals surface area contributed by atoms with Gasteiger partial charge in [-0.1, -0.05) is 44.2 Å². The van der Waals surface area contributed by atoms with Crippen LogP contribution in [-0.2, 0) is 4.79 Å². The van der Waals surface area contributed by atoms with E-state index in [1.165, 1.54) is 5.56 Å². The molecule has 1 aromatic heterocycles. The number of carbonyl (C=O) groups excluding carboxylic acids is 1. The van der Waals surface area contributed by atoms with E-state index >= 15 is 0 Å². The smallest absolute Gasteiger partial charge is 0.260 e. The first kappa shape index (κ1) is 21.6. The quantitative estimate of drug-likeness (QED) is 0.560. The number of hydrogen-bond donors (Lipinski definition) is 0. The van der Waals surface area contributed by atoms with Crippen LogP contribution in [0.1, 0.15) is 25.3 Å². The Morgan fingerprint density at radius 1 is 0.875 bits per heavy atom. The molecule has 1 aliphatic heterocycles. The maximum Gasteiger partial charge on any atom is 0.260 e. The molecule has 3 aromatic rings. The Balaban J connectivity index is 1.24. The van der Waals surface area contributed by atoms with Gasteiger partial charge in [-0.2, -0.15) is 0 Å². The van der Waals surface area contributed by atoms with E-state index in [9.17, 15) is 4.79 Å². The number of aromatic nitrogens is 2. The first-order valence-corrected chi connectivity index (χ1v) is 10.9. The van der Waals surface area contributed by atoms with Crippen molar-refractivity contribution in [1.29, 1.82) is 0 Å². The molecule has 1 amide bonds. The first-order chi connectivity index (χ1) is 15.6. The van der Waals surface area contributed by atoms with E-state index in [0.29, 0.717) is 38.0 Å². The van der Waals surface area contributed by atoms with Gasteiger partial charge in [-0.3, -0.25) is 4.79 Å². The van der Waals surface area contributed by atoms with E-state index in [0.717, 1.165) is 17.3 Å². The Morgan fingerprint density at radius 3 is 2.22 bits per heavy atom. The molecule has 2 aromatic carbocycles. The molecular weight excluding hydrogens is 404 g/mol. The van der Waals surface area contributed by atoms with E-state index in [1.54, 1.807) is 0 Å². The van der Waals surface area contributed by atoms with Crippen LogP contribution in [0, 0.1) is 0 Å². The molecule has 0 N–H and O–H groups in total. The highest BCUT2D eigenvalue weighted by atomic mass is 16.5. The lowest BCUT2D eigenvalue weighted by Crippen LogP contribution is -2.50. The fraction of sp³-hybridized carbons (Fsp3) is 0.320. The molecule has 0 unspecified atom stereocenters. The molecule has 166 valence electrons. The first-order valence-electron chi connectivity index (χ1n) is 10.9. The van der Waals surface area contributed by atoms with Crippen molar-refractivity contribution in [2.24, 2.45) is 0 Å². The topological polar surface area (TPSA) is 67.8 Å². The molecule has 4 rings (SSSR count). The maximum atomic E-state index is 12.5. The Morgan fingerprint density at radius 2 is 1.59 bits per heavy atom. The predicted octanol–water partition coefficient (Wildman–Crippen LogP) is 4.12. The zero-order chi connectivity index (χ0) is 22.3. The molecule has 7 nitrogen and oxygen atoms in total. The molecule has 1 fully saturated rings. The average molecular weight is 433 g/mol. The summed E-state index contributed by atoms with van der Waals surface area (Å²) >= 11 is 0. The highest BCUT2D eigenvalue weighted by Crippen LogP contribution is 2.21. The molecule has 0 aliphatic carbocycles. The van der Waals surface area contributed by atoms with Crippen LogP contribution in [0.5, 0.6) is 17.4 Å². The van der Waals surface area contributed by atoms with Crippen molar-refractivity contribution in [2.75, 3.05) is 37.7 Å². The van der Waals surface area contributed by atoms with E-state index in [4.69, 9.17) is 9.47 Å². The lowest BCUT2D eigenvalue weighted by molar-refractivity contribution is -0.133. The molecule has 0 radical (unpaired) electrons. The number of anilines is 1. The second-order valence-corrected chi connectivity index (χ2v) is 8.03. The van der Waals surface area contributed by atoms with E-state index in [1.807, 2.05) is 71.6 Å². The van der Waals surface area contributed by atoms with Crippen molar-refractivity contribution in [3.63, 3.8) is 0 Å². The summed E-state index contributed by atoms with van der Waals surface area (Å²) in [6, 6.07) is 21.1. The third kappa shape index (κ3) is 5.55. The van der Waals surface area contributed by atoms with Gasteiger partial charge in [0, 0.05) is 32.2 Å². The molecule has 1 aliphatic rings. The number of amides is 1. The summed E-state index contributed by atoms with van der Waals surface area (Å²) in [6.45, 7) is 6.99. The highest BCUT2D eigenvalue weighted by Gasteiger charge is 2.22. The molecule has 0 atom stereocenters. The minimum absolute atomic E-state index is 0.00437. The molecule has 32 heavy (non-hydrogen) atoms. The van der Waals surface area contributed by atoms with Crippen LogP contribution >= 0.6 is 0 Å². The van der Waals surface area contributed by atoms with Gasteiger partial charge in [-0.25, -0.2) is 0 Å². The molecular formula is C25H28N4O3. The summed E-state index contributed by atoms with van der Waals surface area (Å²) in [4.78, 5) is 16.5. The molecule has 2 heterocycles. The lowest BCUT2D eigenvalue weighted by atomic mass is 10.0. The van der Waals surface area contributed by atoms with Gasteiger partial charge in [0.1, 0.15) is 11.5 Å². The van der Waals surface area contributed by atoms with Gasteiger partial charge in [0.15, 0.2) is 12.4 Å². The van der Waals surface area contributed by atoms with Crippen LogP contribution in [0.15, 0.2) is 66.7 Å². The molecule has 1 saturated heterocycles. The summed E-state index contributed by atoms with van der Waals surface area (Å²) in [5.41, 5.74) is 1.25. The SMILES string of the molecule is CC(C)c1ccc(OCC(=O)N2CCN(c3ccc(Oc4ccccc4)nn3)CC2)cc1. The monoisotopic (exact) mass is 432 g/mol. The Bertz CT molecular complexity index is 1000. The van der Waals surface area contributed by atoms with Gasteiger partial charge in [0.25, 0.3) is 5.91 Å². The zero-order valence-corrected chi connectivity index (χ0v) is 18.5. The molecule has 0 spiro atoms. The summed E-state index contributed by atoms with van der Waals surface area (Å²) < 4.78 is 11.4. The van der Waals surface area contributed by atoms with Crippen molar-refractivity contribution in [3.8, 4) is 17.4 Å². The lowest BCUT2D eigenvalue weighted by Gasteiger charge is -2.35. The van der Waals surface area contributed by atoms with Gasteiger partial charge in [-0.15, -0.1) is 10.2 Å². The van der Waals surface area contributed by atoms with Crippen LogP contribution in [0.4, 0.5) is 5.82 Å². The number of carbonyl (C=O) groups is 1. The largest absolute Gasteiger partial charge is 0.484 e. The summed E-state index contributed by atoms with van der Waals surface area (Å²) in [6.07, 6.45) is 0. The summed E-state index contributed by atoms with van der Waals surface area (Å²) in [5.74, 6) is 3.13. The van der Waals surface area contributed by atoms with Crippen LogP contribution in [0.2, 0.25) is 0 Å². The van der Waals surface area contributed by atoms with Crippen molar-refractivity contribution < 1.29 is 14.3 Å². The fourth-order valence-electron chi connectivity index (χ4n) is 3.52.